The SMILES string of the molecule is CCCC(C)C1(CCl)CCCO1. The van der Waals surface area contributed by atoms with E-state index in [0.717, 1.165) is 13.0 Å². The third kappa shape index (κ3) is 1.94. The van der Waals surface area contributed by atoms with E-state index in [2.05, 4.69) is 13.8 Å². The Bertz CT molecular complexity index is 130. The average Bonchev–Trinajstić information content (AvgIpc) is 2.54. The fourth-order valence-electron chi connectivity index (χ4n) is 2.04. The zero-order valence-corrected chi connectivity index (χ0v) is 8.86. The third-order valence-electron chi connectivity index (χ3n) is 2.98. The maximum Gasteiger partial charge on any atom is 0.0843 e. The molecule has 0 saturated carbocycles. The van der Waals surface area contributed by atoms with Crippen molar-refractivity contribution in [2.45, 2.75) is 45.1 Å². The van der Waals surface area contributed by atoms with Crippen LogP contribution in [0, 0.1) is 5.92 Å². The minimum absolute atomic E-state index is 0.0115. The molecule has 0 N–H and O–H groups in total. The van der Waals surface area contributed by atoms with Crippen LogP contribution >= 0.6 is 11.6 Å². The first-order valence-electron chi connectivity index (χ1n) is 4.95. The molecule has 0 aromatic carbocycles. The van der Waals surface area contributed by atoms with Crippen molar-refractivity contribution in [2.24, 2.45) is 5.92 Å². The van der Waals surface area contributed by atoms with Crippen LogP contribution in [0.3, 0.4) is 0 Å². The first-order valence-corrected chi connectivity index (χ1v) is 5.48. The normalized spacial score (nSPS) is 32.2. The molecule has 1 rings (SSSR count). The Hall–Kier alpha value is 0.250. The summed E-state index contributed by atoms with van der Waals surface area (Å²) in [5.74, 6) is 1.27. The molecule has 1 heterocycles. The Balaban J connectivity index is 2.52. The van der Waals surface area contributed by atoms with Gasteiger partial charge in [0.25, 0.3) is 0 Å². The van der Waals surface area contributed by atoms with Crippen LogP contribution in [0.15, 0.2) is 0 Å². The number of alkyl halides is 1. The summed E-state index contributed by atoms with van der Waals surface area (Å²) in [6, 6.07) is 0. The van der Waals surface area contributed by atoms with Crippen molar-refractivity contribution in [3.05, 3.63) is 0 Å². The van der Waals surface area contributed by atoms with E-state index in [-0.39, 0.29) is 5.60 Å². The van der Waals surface area contributed by atoms with Crippen LogP contribution in [-0.2, 0) is 4.74 Å². The predicted octanol–water partition coefficient (Wildman–Crippen LogP) is 3.21. The minimum Gasteiger partial charge on any atom is -0.373 e. The first kappa shape index (κ1) is 10.3. The van der Waals surface area contributed by atoms with Crippen molar-refractivity contribution in [2.75, 3.05) is 12.5 Å². The molecule has 2 unspecified atom stereocenters. The molecule has 1 saturated heterocycles. The summed E-state index contributed by atoms with van der Waals surface area (Å²) in [7, 11) is 0. The number of hydrogen-bond acceptors (Lipinski definition) is 1. The zero-order chi connectivity index (χ0) is 9.03. The lowest BCUT2D eigenvalue weighted by Crippen LogP contribution is -2.37. The Labute approximate surface area is 80.4 Å². The molecule has 0 aromatic heterocycles. The van der Waals surface area contributed by atoms with Gasteiger partial charge in [0.15, 0.2) is 0 Å². The van der Waals surface area contributed by atoms with Crippen LogP contribution < -0.4 is 0 Å². The van der Waals surface area contributed by atoms with Gasteiger partial charge in [0.05, 0.1) is 11.5 Å². The van der Waals surface area contributed by atoms with Gasteiger partial charge < -0.3 is 4.74 Å². The smallest absolute Gasteiger partial charge is 0.0843 e. The van der Waals surface area contributed by atoms with Gasteiger partial charge in [0.1, 0.15) is 0 Å². The lowest BCUT2D eigenvalue weighted by molar-refractivity contribution is -0.0226. The molecular formula is C10H19ClO. The first-order chi connectivity index (χ1) is 5.75. The van der Waals surface area contributed by atoms with E-state index >= 15 is 0 Å². The highest BCUT2D eigenvalue weighted by atomic mass is 35.5. The second-order valence-corrected chi connectivity index (χ2v) is 4.11. The molecule has 0 aliphatic carbocycles. The Morgan fingerprint density at radius 2 is 2.33 bits per heavy atom. The summed E-state index contributed by atoms with van der Waals surface area (Å²) < 4.78 is 5.77. The number of hydrogen-bond donors (Lipinski definition) is 0. The van der Waals surface area contributed by atoms with Gasteiger partial charge in [-0.25, -0.2) is 0 Å². The van der Waals surface area contributed by atoms with Crippen molar-refractivity contribution >= 4 is 11.6 Å². The Morgan fingerprint density at radius 3 is 2.75 bits per heavy atom. The largest absolute Gasteiger partial charge is 0.373 e. The lowest BCUT2D eigenvalue weighted by Gasteiger charge is -2.32. The summed E-state index contributed by atoms with van der Waals surface area (Å²) in [6.07, 6.45) is 4.79. The van der Waals surface area contributed by atoms with Crippen molar-refractivity contribution in [1.82, 2.24) is 0 Å². The van der Waals surface area contributed by atoms with E-state index in [1.165, 1.54) is 19.3 Å². The highest BCUT2D eigenvalue weighted by Gasteiger charge is 2.38. The topological polar surface area (TPSA) is 9.23 Å². The number of ether oxygens (including phenoxy) is 1. The van der Waals surface area contributed by atoms with Crippen molar-refractivity contribution in [1.29, 1.82) is 0 Å². The molecule has 1 aliphatic heterocycles. The lowest BCUT2D eigenvalue weighted by atomic mass is 9.85. The van der Waals surface area contributed by atoms with Gasteiger partial charge in [0, 0.05) is 6.61 Å². The fourth-order valence-corrected chi connectivity index (χ4v) is 2.52. The van der Waals surface area contributed by atoms with Crippen LogP contribution in [0.5, 0.6) is 0 Å². The standard InChI is InChI=1S/C10H19ClO/c1-3-5-9(2)10(8-11)6-4-7-12-10/h9H,3-8H2,1-2H3. The van der Waals surface area contributed by atoms with Gasteiger partial charge in [-0.15, -0.1) is 11.6 Å². The van der Waals surface area contributed by atoms with Gasteiger partial charge in [0.2, 0.25) is 0 Å². The molecule has 2 heteroatoms. The summed E-state index contributed by atoms with van der Waals surface area (Å²) in [6.45, 7) is 5.38. The molecule has 1 aliphatic rings. The molecule has 1 nitrogen and oxygen atoms in total. The quantitative estimate of drug-likeness (QED) is 0.619. The number of rotatable bonds is 4. The van der Waals surface area contributed by atoms with Crippen LogP contribution in [0.1, 0.15) is 39.5 Å². The summed E-state index contributed by atoms with van der Waals surface area (Å²) >= 11 is 5.97. The van der Waals surface area contributed by atoms with E-state index in [9.17, 15) is 0 Å². The van der Waals surface area contributed by atoms with E-state index < -0.39 is 0 Å². The molecule has 1 fully saturated rings. The summed E-state index contributed by atoms with van der Waals surface area (Å²) in [5, 5.41) is 0. The second-order valence-electron chi connectivity index (χ2n) is 3.84. The Kier molecular flexibility index (Phi) is 3.85. The van der Waals surface area contributed by atoms with Gasteiger partial charge >= 0.3 is 0 Å². The Morgan fingerprint density at radius 1 is 1.58 bits per heavy atom. The maximum absolute atomic E-state index is 5.97. The van der Waals surface area contributed by atoms with Crippen LogP contribution in [0.25, 0.3) is 0 Å². The van der Waals surface area contributed by atoms with E-state index in [0.29, 0.717) is 11.8 Å². The van der Waals surface area contributed by atoms with Crippen molar-refractivity contribution in [3.8, 4) is 0 Å². The molecule has 0 radical (unpaired) electrons. The molecule has 0 amide bonds. The zero-order valence-electron chi connectivity index (χ0n) is 8.11. The van der Waals surface area contributed by atoms with E-state index in [1.807, 2.05) is 0 Å². The molecule has 72 valence electrons. The third-order valence-corrected chi connectivity index (χ3v) is 3.43. The highest BCUT2D eigenvalue weighted by molar-refractivity contribution is 6.18. The van der Waals surface area contributed by atoms with Crippen molar-refractivity contribution in [3.63, 3.8) is 0 Å². The monoisotopic (exact) mass is 190 g/mol. The molecule has 12 heavy (non-hydrogen) atoms. The molecular weight excluding hydrogens is 172 g/mol. The summed E-state index contributed by atoms with van der Waals surface area (Å²) in [5.41, 5.74) is 0.0115. The minimum atomic E-state index is 0.0115. The molecule has 0 spiro atoms. The fraction of sp³-hybridized carbons (Fsp3) is 1.00. The van der Waals surface area contributed by atoms with Crippen LogP contribution in [0.4, 0.5) is 0 Å². The number of halogens is 1. The molecule has 2 atom stereocenters. The van der Waals surface area contributed by atoms with Gasteiger partial charge in [-0.3, -0.25) is 0 Å². The maximum atomic E-state index is 5.97. The van der Waals surface area contributed by atoms with Crippen molar-refractivity contribution < 1.29 is 4.74 Å². The van der Waals surface area contributed by atoms with E-state index in [1.54, 1.807) is 0 Å². The van der Waals surface area contributed by atoms with Gasteiger partial charge in [-0.05, 0) is 25.2 Å². The van der Waals surface area contributed by atoms with Gasteiger partial charge in [-0.1, -0.05) is 20.3 Å². The average molecular weight is 191 g/mol. The molecule has 0 bridgehead atoms. The van der Waals surface area contributed by atoms with Crippen LogP contribution in [0.2, 0.25) is 0 Å². The predicted molar refractivity (Wildman–Crippen MR) is 52.7 cm³/mol. The van der Waals surface area contributed by atoms with Crippen LogP contribution in [-0.4, -0.2) is 18.1 Å². The molecule has 0 aromatic rings. The van der Waals surface area contributed by atoms with Gasteiger partial charge in [-0.2, -0.15) is 0 Å². The van der Waals surface area contributed by atoms with E-state index in [4.69, 9.17) is 16.3 Å². The highest BCUT2D eigenvalue weighted by Crippen LogP contribution is 2.36. The summed E-state index contributed by atoms with van der Waals surface area (Å²) in [4.78, 5) is 0. The second kappa shape index (κ2) is 4.48.